The van der Waals surface area contributed by atoms with Crippen molar-refractivity contribution >= 4 is 40.8 Å². The van der Waals surface area contributed by atoms with E-state index in [1.54, 1.807) is 36.4 Å². The number of hydrogen-bond donors (Lipinski definition) is 1. The van der Waals surface area contributed by atoms with Crippen LogP contribution < -0.4 is 10.1 Å². The van der Waals surface area contributed by atoms with Gasteiger partial charge in [-0.25, -0.2) is 4.79 Å². The lowest BCUT2D eigenvalue weighted by Gasteiger charge is -2.37. The molecule has 2 aromatic rings. The second kappa shape index (κ2) is 10.6. The highest BCUT2D eigenvalue weighted by molar-refractivity contribution is 6.35. The van der Waals surface area contributed by atoms with Crippen LogP contribution in [0.1, 0.15) is 49.0 Å². The zero-order valence-electron chi connectivity index (χ0n) is 18.4. The van der Waals surface area contributed by atoms with Gasteiger partial charge in [0, 0.05) is 28.9 Å². The Morgan fingerprint density at radius 3 is 2.50 bits per heavy atom. The van der Waals surface area contributed by atoms with Crippen molar-refractivity contribution in [3.05, 3.63) is 57.6 Å². The third-order valence-electron chi connectivity index (χ3n) is 5.77. The number of carbonyl (C=O) groups excluding carboxylic acids is 2. The van der Waals surface area contributed by atoms with Gasteiger partial charge in [0.15, 0.2) is 0 Å². The molecule has 1 heterocycles. The minimum atomic E-state index is -0.878. The number of hydrogen-bond acceptors (Lipinski definition) is 5. The van der Waals surface area contributed by atoms with E-state index in [2.05, 4.69) is 5.32 Å². The van der Waals surface area contributed by atoms with Gasteiger partial charge in [-0.2, -0.15) is 0 Å². The number of amides is 1. The summed E-state index contributed by atoms with van der Waals surface area (Å²) in [5.41, 5.74) is 0.533. The van der Waals surface area contributed by atoms with Gasteiger partial charge < -0.3 is 19.5 Å². The molecule has 0 spiro atoms. The summed E-state index contributed by atoms with van der Waals surface area (Å²) in [6.07, 6.45) is 1.65. The van der Waals surface area contributed by atoms with Gasteiger partial charge in [-0.3, -0.25) is 4.79 Å². The number of methoxy groups -OCH3 is 1. The van der Waals surface area contributed by atoms with E-state index in [0.29, 0.717) is 53.1 Å². The summed E-state index contributed by atoms with van der Waals surface area (Å²) in [5, 5.41) is 3.89. The van der Waals surface area contributed by atoms with Crippen LogP contribution in [0.2, 0.25) is 10.0 Å². The second-order valence-electron chi connectivity index (χ2n) is 7.81. The Bertz CT molecular complexity index is 988. The summed E-state index contributed by atoms with van der Waals surface area (Å²) in [6, 6.07) is 10.1. The van der Waals surface area contributed by atoms with Crippen LogP contribution in [0.5, 0.6) is 5.75 Å². The number of halogens is 2. The van der Waals surface area contributed by atoms with E-state index in [0.717, 1.165) is 6.42 Å². The normalized spacial score (nSPS) is 16.2. The molecule has 1 saturated heterocycles. The van der Waals surface area contributed by atoms with E-state index < -0.39 is 11.4 Å². The Balaban J connectivity index is 1.95. The highest BCUT2D eigenvalue weighted by Crippen LogP contribution is 2.41. The van der Waals surface area contributed by atoms with Gasteiger partial charge in [0.05, 0.1) is 18.6 Å². The van der Waals surface area contributed by atoms with Gasteiger partial charge in [0.1, 0.15) is 11.3 Å². The van der Waals surface area contributed by atoms with Crippen molar-refractivity contribution in [3.8, 4) is 5.75 Å². The molecule has 1 aliphatic rings. The van der Waals surface area contributed by atoms with Crippen LogP contribution in [0.25, 0.3) is 0 Å². The van der Waals surface area contributed by atoms with Gasteiger partial charge >= 0.3 is 5.97 Å². The van der Waals surface area contributed by atoms with E-state index in [-0.39, 0.29) is 17.6 Å². The summed E-state index contributed by atoms with van der Waals surface area (Å²) in [7, 11) is 1.31. The van der Waals surface area contributed by atoms with Crippen LogP contribution in [-0.2, 0) is 19.7 Å². The molecule has 3 rings (SSSR count). The van der Waals surface area contributed by atoms with E-state index in [4.69, 9.17) is 37.4 Å². The number of nitrogens with one attached hydrogen (secondary N) is 1. The van der Waals surface area contributed by atoms with Gasteiger partial charge in [-0.15, -0.1) is 0 Å². The number of rotatable bonds is 7. The Morgan fingerprint density at radius 1 is 1.16 bits per heavy atom. The third kappa shape index (κ3) is 5.20. The molecule has 0 radical (unpaired) electrons. The molecular formula is C24H27Cl2NO5. The fourth-order valence-electron chi connectivity index (χ4n) is 3.75. The molecule has 32 heavy (non-hydrogen) atoms. The molecular weight excluding hydrogens is 453 g/mol. The number of ether oxygens (including phenoxy) is 3. The van der Waals surface area contributed by atoms with Crippen molar-refractivity contribution in [2.45, 2.75) is 44.6 Å². The molecule has 0 aromatic heterocycles. The summed E-state index contributed by atoms with van der Waals surface area (Å²) < 4.78 is 16.3. The molecule has 0 saturated carbocycles. The molecule has 1 N–H and O–H groups in total. The van der Waals surface area contributed by atoms with Gasteiger partial charge in [0.25, 0.3) is 0 Å². The number of benzene rings is 2. The lowest BCUT2D eigenvalue weighted by molar-refractivity contribution is -0.125. The van der Waals surface area contributed by atoms with Crippen LogP contribution in [0.3, 0.4) is 0 Å². The summed E-state index contributed by atoms with van der Waals surface area (Å²) in [6.45, 7) is 4.77. The minimum absolute atomic E-state index is 0.0728. The minimum Gasteiger partial charge on any atom is -0.490 e. The summed E-state index contributed by atoms with van der Waals surface area (Å²) >= 11 is 12.6. The Kier molecular flexibility index (Phi) is 8.04. The second-order valence-corrected chi connectivity index (χ2v) is 8.66. The smallest absolute Gasteiger partial charge is 0.341 e. The maximum Gasteiger partial charge on any atom is 0.341 e. The topological polar surface area (TPSA) is 73.9 Å². The summed E-state index contributed by atoms with van der Waals surface area (Å²) in [4.78, 5) is 25.9. The third-order valence-corrected chi connectivity index (χ3v) is 6.32. The zero-order chi connectivity index (χ0) is 23.3. The maximum absolute atomic E-state index is 13.6. The highest BCUT2D eigenvalue weighted by Gasteiger charge is 2.43. The number of carbonyl (C=O) groups is 2. The lowest BCUT2D eigenvalue weighted by atomic mass is 9.73. The van der Waals surface area contributed by atoms with E-state index in [1.807, 2.05) is 13.8 Å². The first kappa shape index (κ1) is 24.4. The predicted octanol–water partition coefficient (Wildman–Crippen LogP) is 5.64. The fourth-order valence-corrected chi connectivity index (χ4v) is 4.34. The molecule has 1 atom stereocenters. The largest absolute Gasteiger partial charge is 0.490 e. The SMILES string of the molecule is CCC(C)Oc1ccc(NC(=O)C2(c3ccc(Cl)cc3Cl)CCOCC2)cc1C(=O)OC. The lowest BCUT2D eigenvalue weighted by Crippen LogP contribution is -2.45. The van der Waals surface area contributed by atoms with Gasteiger partial charge in [0.2, 0.25) is 5.91 Å². The monoisotopic (exact) mass is 479 g/mol. The van der Waals surface area contributed by atoms with Crippen molar-refractivity contribution in [3.63, 3.8) is 0 Å². The van der Waals surface area contributed by atoms with Crippen LogP contribution in [-0.4, -0.2) is 38.3 Å². The molecule has 1 amide bonds. The average Bonchev–Trinajstić information content (AvgIpc) is 2.79. The van der Waals surface area contributed by atoms with Crippen LogP contribution in [0.15, 0.2) is 36.4 Å². The van der Waals surface area contributed by atoms with Crippen molar-refractivity contribution in [2.24, 2.45) is 0 Å². The number of anilines is 1. The zero-order valence-corrected chi connectivity index (χ0v) is 19.9. The molecule has 172 valence electrons. The first-order valence-electron chi connectivity index (χ1n) is 10.5. The quantitative estimate of drug-likeness (QED) is 0.519. The molecule has 1 unspecified atom stereocenters. The highest BCUT2D eigenvalue weighted by atomic mass is 35.5. The molecule has 0 bridgehead atoms. The van der Waals surface area contributed by atoms with Crippen LogP contribution >= 0.6 is 23.2 Å². The van der Waals surface area contributed by atoms with Crippen molar-refractivity contribution in [1.82, 2.24) is 0 Å². The molecule has 1 aliphatic heterocycles. The van der Waals surface area contributed by atoms with Gasteiger partial charge in [-0.1, -0.05) is 36.2 Å². The first-order valence-corrected chi connectivity index (χ1v) is 11.3. The number of esters is 1. The van der Waals surface area contributed by atoms with E-state index >= 15 is 0 Å². The average molecular weight is 480 g/mol. The van der Waals surface area contributed by atoms with Crippen LogP contribution in [0, 0.1) is 0 Å². The van der Waals surface area contributed by atoms with Crippen molar-refractivity contribution < 1.29 is 23.8 Å². The Morgan fingerprint density at radius 2 is 1.88 bits per heavy atom. The van der Waals surface area contributed by atoms with Gasteiger partial charge in [-0.05, 0) is 62.1 Å². The first-order chi connectivity index (χ1) is 15.3. The molecule has 1 fully saturated rings. The standard InChI is InChI=1S/C24H27Cl2NO5/c1-4-15(2)32-21-8-6-17(14-18(21)22(28)30-3)27-23(29)24(9-11-31-12-10-24)19-7-5-16(25)13-20(19)26/h5-8,13-15H,4,9-12H2,1-3H3,(H,27,29). The van der Waals surface area contributed by atoms with Crippen LogP contribution in [0.4, 0.5) is 5.69 Å². The Hall–Kier alpha value is -2.28. The van der Waals surface area contributed by atoms with Crippen molar-refractivity contribution in [2.75, 3.05) is 25.6 Å². The van der Waals surface area contributed by atoms with E-state index in [1.165, 1.54) is 7.11 Å². The predicted molar refractivity (Wildman–Crippen MR) is 125 cm³/mol. The maximum atomic E-state index is 13.6. The van der Waals surface area contributed by atoms with Crippen molar-refractivity contribution in [1.29, 1.82) is 0 Å². The molecule has 2 aromatic carbocycles. The fraction of sp³-hybridized carbons (Fsp3) is 0.417. The Labute approximate surface area is 198 Å². The molecule has 0 aliphatic carbocycles. The summed E-state index contributed by atoms with van der Waals surface area (Å²) in [5.74, 6) is -0.358. The van der Waals surface area contributed by atoms with E-state index in [9.17, 15) is 9.59 Å². The molecule has 6 nitrogen and oxygen atoms in total. The molecule has 8 heteroatoms.